The fraction of sp³-hybridized carbons (Fsp3) is 0.450. The first-order valence-corrected chi connectivity index (χ1v) is 10.1. The average Bonchev–Trinajstić information content (AvgIpc) is 3.22. The Morgan fingerprint density at radius 2 is 1.85 bits per heavy atom. The number of hydrogen-bond donors (Lipinski definition) is 0. The van der Waals surface area contributed by atoms with Gasteiger partial charge in [0.25, 0.3) is 0 Å². The molecule has 0 radical (unpaired) electrons. The van der Waals surface area contributed by atoms with E-state index in [1.807, 2.05) is 12.1 Å². The smallest absolute Gasteiger partial charge is 0.213 e. The predicted molar refractivity (Wildman–Crippen MR) is 106 cm³/mol. The summed E-state index contributed by atoms with van der Waals surface area (Å²) in [7, 11) is 0. The molecule has 0 aromatic carbocycles. The average molecular weight is 415 g/mol. The minimum atomic E-state index is -0.0902. The van der Waals surface area contributed by atoms with Crippen molar-refractivity contribution in [3.8, 4) is 0 Å². The van der Waals surface area contributed by atoms with Gasteiger partial charge < -0.3 is 9.80 Å². The Morgan fingerprint density at radius 1 is 1.08 bits per heavy atom. The number of piperidine rings is 1. The summed E-state index contributed by atoms with van der Waals surface area (Å²) >= 11 is 3.37. The molecule has 0 aliphatic carbocycles. The summed E-state index contributed by atoms with van der Waals surface area (Å²) in [5, 5.41) is 0. The van der Waals surface area contributed by atoms with Crippen LogP contribution in [0.1, 0.15) is 41.7 Å². The van der Waals surface area contributed by atoms with Gasteiger partial charge in [-0.15, -0.1) is 0 Å². The zero-order valence-corrected chi connectivity index (χ0v) is 16.4. The number of hydrogen-bond acceptors (Lipinski definition) is 5. The Labute approximate surface area is 162 Å². The number of likely N-dealkylation sites (tertiary alicyclic amines) is 1. The molecule has 2 aromatic heterocycles. The van der Waals surface area contributed by atoms with Crippen LogP contribution in [-0.4, -0.2) is 52.9 Å². The molecule has 0 bridgehead atoms. The van der Waals surface area contributed by atoms with E-state index >= 15 is 0 Å². The number of carbonyl (C=O) groups excluding carboxylic acids is 1. The van der Waals surface area contributed by atoms with Crippen LogP contribution in [0.2, 0.25) is 0 Å². The van der Waals surface area contributed by atoms with Gasteiger partial charge in [0.15, 0.2) is 0 Å². The Morgan fingerprint density at radius 3 is 2.58 bits per heavy atom. The van der Waals surface area contributed by atoms with E-state index in [1.54, 1.807) is 24.5 Å². The van der Waals surface area contributed by atoms with Crippen LogP contribution in [0.5, 0.6) is 0 Å². The third kappa shape index (κ3) is 3.81. The second-order valence-corrected chi connectivity index (χ2v) is 7.98. The summed E-state index contributed by atoms with van der Waals surface area (Å²) < 4.78 is 0.795. The molecule has 0 amide bonds. The molecule has 6 heteroatoms. The summed E-state index contributed by atoms with van der Waals surface area (Å²) in [6.45, 7) is 4.52. The number of rotatable bonds is 4. The van der Waals surface area contributed by atoms with E-state index in [1.165, 1.54) is 38.8 Å². The van der Waals surface area contributed by atoms with Crippen LogP contribution in [0.25, 0.3) is 0 Å². The van der Waals surface area contributed by atoms with Gasteiger partial charge in [-0.2, -0.15) is 0 Å². The maximum absolute atomic E-state index is 12.7. The van der Waals surface area contributed by atoms with Gasteiger partial charge in [-0.25, -0.2) is 4.98 Å². The van der Waals surface area contributed by atoms with Gasteiger partial charge in [-0.3, -0.25) is 9.78 Å². The van der Waals surface area contributed by atoms with Crippen molar-refractivity contribution in [1.29, 1.82) is 0 Å². The van der Waals surface area contributed by atoms with Crippen molar-refractivity contribution in [3.63, 3.8) is 0 Å². The molecule has 0 N–H and O–H groups in total. The number of halogens is 1. The van der Waals surface area contributed by atoms with Crippen molar-refractivity contribution in [2.24, 2.45) is 0 Å². The molecule has 4 rings (SSSR count). The third-order valence-electron chi connectivity index (χ3n) is 5.38. The highest BCUT2D eigenvalue weighted by atomic mass is 79.9. The minimum absolute atomic E-state index is 0.0902. The van der Waals surface area contributed by atoms with E-state index in [0.717, 1.165) is 23.4 Å². The molecule has 2 fully saturated rings. The zero-order valence-electron chi connectivity index (χ0n) is 14.8. The molecule has 2 aliphatic rings. The molecule has 5 nitrogen and oxygen atoms in total. The molecule has 136 valence electrons. The van der Waals surface area contributed by atoms with E-state index in [-0.39, 0.29) is 5.78 Å². The number of anilines is 1. The van der Waals surface area contributed by atoms with Crippen LogP contribution in [0, 0.1) is 0 Å². The highest BCUT2D eigenvalue weighted by Gasteiger charge is 2.27. The first-order chi connectivity index (χ1) is 12.7. The molecule has 2 saturated heterocycles. The number of carbonyl (C=O) groups is 1. The van der Waals surface area contributed by atoms with Crippen LogP contribution in [0.15, 0.2) is 41.1 Å². The first-order valence-electron chi connectivity index (χ1n) is 9.32. The van der Waals surface area contributed by atoms with E-state index in [4.69, 9.17) is 0 Å². The highest BCUT2D eigenvalue weighted by molar-refractivity contribution is 9.10. The van der Waals surface area contributed by atoms with E-state index in [2.05, 4.69) is 35.7 Å². The van der Waals surface area contributed by atoms with Crippen molar-refractivity contribution in [1.82, 2.24) is 14.9 Å². The van der Waals surface area contributed by atoms with Crippen LogP contribution in [0.3, 0.4) is 0 Å². The summed E-state index contributed by atoms with van der Waals surface area (Å²) in [5.74, 6) is 0.811. The SMILES string of the molecule is O=C(c1cncc(Br)c1)c1cccc(N2CCC(N3CCCC3)CC2)n1. The second-order valence-electron chi connectivity index (χ2n) is 7.06. The van der Waals surface area contributed by atoms with Crippen LogP contribution >= 0.6 is 15.9 Å². The molecule has 0 saturated carbocycles. The number of ketones is 1. The third-order valence-corrected chi connectivity index (χ3v) is 5.81. The van der Waals surface area contributed by atoms with Crippen molar-refractivity contribution in [3.05, 3.63) is 52.4 Å². The summed E-state index contributed by atoms with van der Waals surface area (Å²) in [6.07, 6.45) is 8.30. The van der Waals surface area contributed by atoms with E-state index in [9.17, 15) is 4.79 Å². The van der Waals surface area contributed by atoms with Gasteiger partial charge in [0.1, 0.15) is 11.5 Å². The molecule has 4 heterocycles. The molecule has 0 unspecified atom stereocenters. The molecular weight excluding hydrogens is 392 g/mol. The van der Waals surface area contributed by atoms with Crippen molar-refractivity contribution >= 4 is 27.5 Å². The molecule has 26 heavy (non-hydrogen) atoms. The molecule has 2 aromatic rings. The lowest BCUT2D eigenvalue weighted by Crippen LogP contribution is -2.44. The van der Waals surface area contributed by atoms with Crippen LogP contribution in [-0.2, 0) is 0 Å². The van der Waals surface area contributed by atoms with Gasteiger partial charge in [-0.1, -0.05) is 6.07 Å². The number of pyridine rings is 2. The Bertz CT molecular complexity index is 783. The second kappa shape index (κ2) is 7.84. The lowest BCUT2D eigenvalue weighted by Gasteiger charge is -2.37. The van der Waals surface area contributed by atoms with Gasteiger partial charge in [0.2, 0.25) is 5.78 Å². The number of nitrogens with zero attached hydrogens (tertiary/aromatic N) is 4. The molecule has 0 atom stereocenters. The largest absolute Gasteiger partial charge is 0.356 e. The van der Waals surface area contributed by atoms with E-state index < -0.39 is 0 Å². The van der Waals surface area contributed by atoms with Gasteiger partial charge in [-0.05, 0) is 72.9 Å². The summed E-state index contributed by atoms with van der Waals surface area (Å²) in [4.78, 5) is 26.4. The minimum Gasteiger partial charge on any atom is -0.356 e. The van der Waals surface area contributed by atoms with Crippen molar-refractivity contribution in [2.45, 2.75) is 31.7 Å². The standard InChI is InChI=1S/C20H23BrN4O/c21-16-12-15(13-22-14-16)20(26)18-4-3-5-19(23-18)25-10-6-17(7-11-25)24-8-1-2-9-24/h3-5,12-14,17H,1-2,6-11H2. The van der Waals surface area contributed by atoms with Gasteiger partial charge >= 0.3 is 0 Å². The molecule has 0 spiro atoms. The van der Waals surface area contributed by atoms with Crippen molar-refractivity contribution in [2.75, 3.05) is 31.1 Å². The van der Waals surface area contributed by atoms with Gasteiger partial charge in [0.05, 0.1) is 0 Å². The molecule has 2 aliphatic heterocycles. The Hall–Kier alpha value is -1.79. The van der Waals surface area contributed by atoms with Crippen LogP contribution < -0.4 is 4.90 Å². The van der Waals surface area contributed by atoms with Crippen molar-refractivity contribution < 1.29 is 4.79 Å². The van der Waals surface area contributed by atoms with Gasteiger partial charge in [0, 0.05) is 41.6 Å². The lowest BCUT2D eigenvalue weighted by molar-refractivity contribution is 0.103. The number of aromatic nitrogens is 2. The normalized spacial score (nSPS) is 19.0. The van der Waals surface area contributed by atoms with Crippen LogP contribution in [0.4, 0.5) is 5.82 Å². The Kier molecular flexibility index (Phi) is 5.31. The summed E-state index contributed by atoms with van der Waals surface area (Å²) in [5.41, 5.74) is 1.03. The highest BCUT2D eigenvalue weighted by Crippen LogP contribution is 2.24. The molecular formula is C20H23BrN4O. The lowest BCUT2D eigenvalue weighted by atomic mass is 10.0. The topological polar surface area (TPSA) is 49.3 Å². The quantitative estimate of drug-likeness (QED) is 0.716. The van der Waals surface area contributed by atoms with E-state index in [0.29, 0.717) is 17.3 Å². The maximum atomic E-state index is 12.7. The Balaban J connectivity index is 1.45. The first kappa shape index (κ1) is 17.6. The fourth-order valence-electron chi connectivity index (χ4n) is 3.98. The summed E-state index contributed by atoms with van der Waals surface area (Å²) in [6, 6.07) is 8.21. The monoisotopic (exact) mass is 414 g/mol. The fourth-order valence-corrected chi connectivity index (χ4v) is 4.34. The predicted octanol–water partition coefficient (Wildman–Crippen LogP) is 3.53. The maximum Gasteiger partial charge on any atom is 0.213 e. The zero-order chi connectivity index (χ0) is 17.9.